The summed E-state index contributed by atoms with van der Waals surface area (Å²) in [7, 11) is 0. The third-order valence-corrected chi connectivity index (χ3v) is 2.84. The largest absolute Gasteiger partial charge is 0.409 e. The first-order valence-electron chi connectivity index (χ1n) is 5.52. The molecule has 0 aromatic heterocycles. The minimum atomic E-state index is 0.00240. The predicted molar refractivity (Wildman–Crippen MR) is 65.0 cm³/mol. The van der Waals surface area contributed by atoms with Gasteiger partial charge in [0.25, 0.3) is 0 Å². The Balaban J connectivity index is 2.32. The number of carbonyl (C=O) groups excluding carboxylic acids is 1. The molecule has 4 N–H and O–H groups in total. The normalized spacial score (nSPS) is 15.7. The number of benzene rings is 1. The van der Waals surface area contributed by atoms with E-state index in [0.717, 1.165) is 18.4 Å². The van der Waals surface area contributed by atoms with Crippen LogP contribution in [0.3, 0.4) is 0 Å². The number of amidine groups is 1. The van der Waals surface area contributed by atoms with Gasteiger partial charge in [0.2, 0.25) is 5.91 Å². The number of nitrogens with two attached hydrogens (primary N) is 1. The third kappa shape index (κ3) is 2.38. The zero-order valence-corrected chi connectivity index (χ0v) is 9.60. The molecule has 1 aromatic rings. The first-order valence-corrected chi connectivity index (χ1v) is 5.52. The lowest BCUT2D eigenvalue weighted by Gasteiger charge is -2.12. The molecule has 0 radical (unpaired) electrons. The van der Waals surface area contributed by atoms with E-state index in [-0.39, 0.29) is 17.7 Å². The van der Waals surface area contributed by atoms with Crippen molar-refractivity contribution < 1.29 is 10.0 Å². The molecule has 0 spiro atoms. The Bertz CT molecular complexity index is 479. The Morgan fingerprint density at radius 2 is 2.24 bits per heavy atom. The molecule has 0 aliphatic heterocycles. The zero-order valence-electron chi connectivity index (χ0n) is 9.60. The fourth-order valence-corrected chi connectivity index (χ4v) is 1.74. The summed E-state index contributed by atoms with van der Waals surface area (Å²) >= 11 is 0. The number of hydrogen-bond acceptors (Lipinski definition) is 3. The van der Waals surface area contributed by atoms with Crippen molar-refractivity contribution in [3.63, 3.8) is 0 Å². The highest BCUT2D eigenvalue weighted by Crippen LogP contribution is 2.31. The molecule has 5 heteroatoms. The highest BCUT2D eigenvalue weighted by molar-refractivity contribution is 6.07. The van der Waals surface area contributed by atoms with E-state index in [0.29, 0.717) is 11.3 Å². The zero-order chi connectivity index (χ0) is 12.4. The number of nitrogens with one attached hydrogen (secondary N) is 1. The topological polar surface area (TPSA) is 87.7 Å². The fourth-order valence-electron chi connectivity index (χ4n) is 1.74. The van der Waals surface area contributed by atoms with Crippen molar-refractivity contribution >= 4 is 17.4 Å². The van der Waals surface area contributed by atoms with E-state index in [1.54, 1.807) is 6.07 Å². The van der Waals surface area contributed by atoms with E-state index in [1.165, 1.54) is 0 Å². The molecular formula is C12H15N3O2. The van der Waals surface area contributed by atoms with Crippen LogP contribution in [0.15, 0.2) is 23.4 Å². The number of nitrogens with zero attached hydrogens (tertiary/aromatic N) is 1. The number of anilines is 1. The molecule has 2 rings (SSSR count). The highest BCUT2D eigenvalue weighted by Gasteiger charge is 2.30. The maximum Gasteiger partial charge on any atom is 0.227 e. The molecule has 17 heavy (non-hydrogen) atoms. The van der Waals surface area contributed by atoms with Gasteiger partial charge in [-0.1, -0.05) is 17.3 Å². The second-order valence-corrected chi connectivity index (χ2v) is 4.25. The molecule has 1 aliphatic rings. The monoisotopic (exact) mass is 233 g/mol. The molecule has 0 unspecified atom stereocenters. The van der Waals surface area contributed by atoms with Gasteiger partial charge in [0.15, 0.2) is 5.84 Å². The molecular weight excluding hydrogens is 218 g/mol. The van der Waals surface area contributed by atoms with Crippen molar-refractivity contribution in [2.75, 3.05) is 5.32 Å². The molecule has 0 bridgehead atoms. The maximum atomic E-state index is 11.7. The Kier molecular flexibility index (Phi) is 2.99. The van der Waals surface area contributed by atoms with Crippen LogP contribution >= 0.6 is 0 Å². The summed E-state index contributed by atoms with van der Waals surface area (Å²) < 4.78 is 0. The SMILES string of the molecule is Cc1cccc(NC(=O)C2CC2)c1/C(N)=N/O. The van der Waals surface area contributed by atoms with E-state index < -0.39 is 0 Å². The van der Waals surface area contributed by atoms with Crippen LogP contribution < -0.4 is 11.1 Å². The van der Waals surface area contributed by atoms with Crippen molar-refractivity contribution in [2.24, 2.45) is 16.8 Å². The van der Waals surface area contributed by atoms with Crippen LogP contribution in [0.1, 0.15) is 24.0 Å². The van der Waals surface area contributed by atoms with Crippen LogP contribution in [0.25, 0.3) is 0 Å². The summed E-state index contributed by atoms with van der Waals surface area (Å²) in [5.41, 5.74) is 7.64. The van der Waals surface area contributed by atoms with Gasteiger partial charge in [0.05, 0.1) is 5.69 Å². The van der Waals surface area contributed by atoms with Gasteiger partial charge in [0, 0.05) is 11.5 Å². The Morgan fingerprint density at radius 3 is 2.82 bits per heavy atom. The molecule has 1 aliphatic carbocycles. The van der Waals surface area contributed by atoms with Gasteiger partial charge in [-0.3, -0.25) is 4.79 Å². The number of rotatable bonds is 3. The Labute approximate surface area is 99.3 Å². The van der Waals surface area contributed by atoms with Gasteiger partial charge in [-0.15, -0.1) is 0 Å². The lowest BCUT2D eigenvalue weighted by atomic mass is 10.1. The molecule has 5 nitrogen and oxygen atoms in total. The van der Waals surface area contributed by atoms with Crippen molar-refractivity contribution in [1.29, 1.82) is 0 Å². The number of aryl methyl sites for hydroxylation is 1. The minimum Gasteiger partial charge on any atom is -0.409 e. The average molecular weight is 233 g/mol. The van der Waals surface area contributed by atoms with Crippen LogP contribution in [0.4, 0.5) is 5.69 Å². The van der Waals surface area contributed by atoms with Gasteiger partial charge in [-0.05, 0) is 31.4 Å². The van der Waals surface area contributed by atoms with E-state index in [2.05, 4.69) is 10.5 Å². The van der Waals surface area contributed by atoms with Gasteiger partial charge in [-0.25, -0.2) is 0 Å². The van der Waals surface area contributed by atoms with E-state index in [1.807, 2.05) is 19.1 Å². The smallest absolute Gasteiger partial charge is 0.227 e. The summed E-state index contributed by atoms with van der Waals surface area (Å²) in [4.78, 5) is 11.7. The highest BCUT2D eigenvalue weighted by atomic mass is 16.4. The van der Waals surface area contributed by atoms with E-state index in [4.69, 9.17) is 10.9 Å². The second-order valence-electron chi connectivity index (χ2n) is 4.25. The molecule has 1 saturated carbocycles. The first kappa shape index (κ1) is 11.4. The standard InChI is InChI=1S/C12H15N3O2/c1-7-3-2-4-9(10(7)11(13)15-17)14-12(16)8-5-6-8/h2-4,8,17H,5-6H2,1H3,(H2,13,15)(H,14,16). The van der Waals surface area contributed by atoms with Gasteiger partial charge >= 0.3 is 0 Å². The van der Waals surface area contributed by atoms with Crippen molar-refractivity contribution in [3.05, 3.63) is 29.3 Å². The molecule has 0 atom stereocenters. The van der Waals surface area contributed by atoms with Crippen LogP contribution in [-0.2, 0) is 4.79 Å². The van der Waals surface area contributed by atoms with Crippen LogP contribution in [0.2, 0.25) is 0 Å². The van der Waals surface area contributed by atoms with Gasteiger partial charge < -0.3 is 16.3 Å². The van der Waals surface area contributed by atoms with Crippen molar-refractivity contribution in [2.45, 2.75) is 19.8 Å². The molecule has 90 valence electrons. The van der Waals surface area contributed by atoms with Gasteiger partial charge in [0.1, 0.15) is 0 Å². The first-order chi connectivity index (χ1) is 8.13. The Hall–Kier alpha value is -2.04. The predicted octanol–water partition coefficient (Wildman–Crippen LogP) is 1.44. The lowest BCUT2D eigenvalue weighted by Crippen LogP contribution is -2.21. The average Bonchev–Trinajstić information content (AvgIpc) is 3.12. The quantitative estimate of drug-likeness (QED) is 0.319. The second kappa shape index (κ2) is 4.45. The maximum absolute atomic E-state index is 11.7. The van der Waals surface area contributed by atoms with Crippen molar-refractivity contribution in [1.82, 2.24) is 0 Å². The summed E-state index contributed by atoms with van der Waals surface area (Å²) in [5.74, 6) is 0.132. The van der Waals surface area contributed by atoms with Crippen molar-refractivity contribution in [3.8, 4) is 0 Å². The van der Waals surface area contributed by atoms with E-state index >= 15 is 0 Å². The fraction of sp³-hybridized carbons (Fsp3) is 0.333. The summed E-state index contributed by atoms with van der Waals surface area (Å²) in [6.45, 7) is 1.85. The number of oxime groups is 1. The molecule has 1 fully saturated rings. The number of amides is 1. The summed E-state index contributed by atoms with van der Waals surface area (Å²) in [6.07, 6.45) is 1.88. The number of carbonyl (C=O) groups is 1. The number of hydrogen-bond donors (Lipinski definition) is 3. The summed E-state index contributed by atoms with van der Waals surface area (Å²) in [6, 6.07) is 5.42. The molecule has 1 aromatic carbocycles. The summed E-state index contributed by atoms with van der Waals surface area (Å²) in [5, 5.41) is 14.6. The van der Waals surface area contributed by atoms with Crippen LogP contribution in [0.5, 0.6) is 0 Å². The van der Waals surface area contributed by atoms with Crippen LogP contribution in [-0.4, -0.2) is 17.0 Å². The molecule has 0 saturated heterocycles. The third-order valence-electron chi connectivity index (χ3n) is 2.84. The lowest BCUT2D eigenvalue weighted by molar-refractivity contribution is -0.117. The molecule has 1 amide bonds. The molecule has 0 heterocycles. The minimum absolute atomic E-state index is 0.00240. The van der Waals surface area contributed by atoms with Gasteiger partial charge in [-0.2, -0.15) is 0 Å². The Morgan fingerprint density at radius 1 is 1.53 bits per heavy atom. The van der Waals surface area contributed by atoms with E-state index in [9.17, 15) is 4.79 Å². The van der Waals surface area contributed by atoms with Crippen LogP contribution in [0, 0.1) is 12.8 Å².